The quantitative estimate of drug-likeness (QED) is 0.681. The van der Waals surface area contributed by atoms with E-state index in [0.29, 0.717) is 5.92 Å². The molecule has 0 spiro atoms. The number of hydrogen-bond donors (Lipinski definition) is 1. The van der Waals surface area contributed by atoms with E-state index in [4.69, 9.17) is 9.47 Å². The molecule has 0 amide bonds. The number of carboxylic acid groups (broad SMARTS) is 1. The molecule has 1 aliphatic carbocycles. The largest absolute Gasteiger partial charge is 0.493 e. The molecular weight excluding hydrogens is 390 g/mol. The standard InChI is InChI=1S/C26H33NO4/c1-30-24-15-21-12-19(13-22(21)16-25(24)31-2)14-23(26(28)29)20-8-10-27(11-9-20)17-18-6-4-3-5-7-18/h3-7,15-16,19-20,23H,8-14,17H2,1-2H3,(H,28,29). The zero-order chi connectivity index (χ0) is 21.8. The number of rotatable bonds is 8. The predicted molar refractivity (Wildman–Crippen MR) is 121 cm³/mol. The van der Waals surface area contributed by atoms with Crippen molar-refractivity contribution < 1.29 is 19.4 Å². The Morgan fingerprint density at radius 3 is 2.13 bits per heavy atom. The summed E-state index contributed by atoms with van der Waals surface area (Å²) < 4.78 is 10.9. The second kappa shape index (κ2) is 9.73. The number of methoxy groups -OCH3 is 2. The number of carbonyl (C=O) groups is 1. The third kappa shape index (κ3) is 5.04. The molecule has 2 aliphatic rings. The van der Waals surface area contributed by atoms with Gasteiger partial charge in [-0.25, -0.2) is 0 Å². The van der Waals surface area contributed by atoms with Crippen molar-refractivity contribution in [3.8, 4) is 11.5 Å². The summed E-state index contributed by atoms with van der Waals surface area (Å²) >= 11 is 0. The van der Waals surface area contributed by atoms with Crippen molar-refractivity contribution in [1.29, 1.82) is 0 Å². The average Bonchev–Trinajstić information content (AvgIpc) is 3.19. The number of hydrogen-bond acceptors (Lipinski definition) is 4. The summed E-state index contributed by atoms with van der Waals surface area (Å²) in [6.45, 7) is 2.90. The van der Waals surface area contributed by atoms with Crippen molar-refractivity contribution in [2.24, 2.45) is 17.8 Å². The highest BCUT2D eigenvalue weighted by atomic mass is 16.5. The van der Waals surface area contributed by atoms with Crippen molar-refractivity contribution in [3.63, 3.8) is 0 Å². The number of aliphatic carboxylic acids is 1. The molecule has 1 fully saturated rings. The molecule has 1 saturated heterocycles. The molecule has 1 atom stereocenters. The Morgan fingerprint density at radius 2 is 1.61 bits per heavy atom. The lowest BCUT2D eigenvalue weighted by Crippen LogP contribution is -2.38. The summed E-state index contributed by atoms with van der Waals surface area (Å²) in [4.78, 5) is 14.6. The van der Waals surface area contributed by atoms with Crippen LogP contribution in [0.1, 0.15) is 36.0 Å². The van der Waals surface area contributed by atoms with Crippen LogP contribution in [0.3, 0.4) is 0 Å². The third-order valence-corrected chi connectivity index (χ3v) is 7.08. The molecule has 5 nitrogen and oxygen atoms in total. The fourth-order valence-corrected chi connectivity index (χ4v) is 5.41. The average molecular weight is 424 g/mol. The Kier molecular flexibility index (Phi) is 6.81. The van der Waals surface area contributed by atoms with E-state index in [1.807, 2.05) is 6.07 Å². The van der Waals surface area contributed by atoms with E-state index in [0.717, 1.165) is 63.2 Å². The SMILES string of the molecule is COc1cc2c(cc1OC)CC(CC(C(=O)O)C1CCN(Cc3ccccc3)CC1)C2. The summed E-state index contributed by atoms with van der Waals surface area (Å²) in [6, 6.07) is 14.6. The summed E-state index contributed by atoms with van der Waals surface area (Å²) in [6.07, 6.45) is 4.52. The Bertz CT molecular complexity index is 857. The highest BCUT2D eigenvalue weighted by molar-refractivity contribution is 5.70. The van der Waals surface area contributed by atoms with E-state index in [1.165, 1.54) is 16.7 Å². The van der Waals surface area contributed by atoms with Gasteiger partial charge in [-0.3, -0.25) is 9.69 Å². The number of benzene rings is 2. The summed E-state index contributed by atoms with van der Waals surface area (Å²) in [7, 11) is 3.31. The van der Waals surface area contributed by atoms with Gasteiger partial charge in [0.2, 0.25) is 0 Å². The maximum atomic E-state index is 12.2. The first-order valence-corrected chi connectivity index (χ1v) is 11.3. The molecule has 1 N–H and O–H groups in total. The first kappa shape index (κ1) is 21.7. The fraction of sp³-hybridized carbons (Fsp3) is 0.500. The van der Waals surface area contributed by atoms with Gasteiger partial charge in [-0.15, -0.1) is 0 Å². The number of piperidine rings is 1. The van der Waals surface area contributed by atoms with Crippen LogP contribution >= 0.6 is 0 Å². The van der Waals surface area contributed by atoms with Gasteiger partial charge in [-0.05, 0) is 85.9 Å². The van der Waals surface area contributed by atoms with Crippen molar-refractivity contribution in [2.45, 2.75) is 38.6 Å². The van der Waals surface area contributed by atoms with Crippen molar-refractivity contribution in [3.05, 3.63) is 59.2 Å². The van der Waals surface area contributed by atoms with E-state index in [9.17, 15) is 9.90 Å². The van der Waals surface area contributed by atoms with Gasteiger partial charge in [-0.2, -0.15) is 0 Å². The molecule has 1 heterocycles. The highest BCUT2D eigenvalue weighted by Crippen LogP contribution is 2.40. The van der Waals surface area contributed by atoms with Crippen LogP contribution in [0.4, 0.5) is 0 Å². The summed E-state index contributed by atoms with van der Waals surface area (Å²) in [5.74, 6) is 1.24. The second-order valence-electron chi connectivity index (χ2n) is 9.03. The van der Waals surface area contributed by atoms with Crippen LogP contribution in [-0.4, -0.2) is 43.3 Å². The van der Waals surface area contributed by atoms with Gasteiger partial charge in [0.15, 0.2) is 11.5 Å². The molecule has 4 rings (SSSR count). The minimum atomic E-state index is -0.632. The Morgan fingerprint density at radius 1 is 1.03 bits per heavy atom. The van der Waals surface area contributed by atoms with E-state index in [1.54, 1.807) is 14.2 Å². The van der Waals surface area contributed by atoms with Gasteiger partial charge in [-0.1, -0.05) is 30.3 Å². The number of likely N-dealkylation sites (tertiary alicyclic amines) is 1. The highest BCUT2D eigenvalue weighted by Gasteiger charge is 2.35. The van der Waals surface area contributed by atoms with E-state index >= 15 is 0 Å². The van der Waals surface area contributed by atoms with Crippen LogP contribution in [0, 0.1) is 17.8 Å². The van der Waals surface area contributed by atoms with Gasteiger partial charge < -0.3 is 14.6 Å². The van der Waals surface area contributed by atoms with Crippen LogP contribution in [0.25, 0.3) is 0 Å². The van der Waals surface area contributed by atoms with Crippen LogP contribution in [-0.2, 0) is 24.2 Å². The third-order valence-electron chi connectivity index (χ3n) is 7.08. The Hall–Kier alpha value is -2.53. The molecule has 166 valence electrons. The molecule has 0 bridgehead atoms. The first-order valence-electron chi connectivity index (χ1n) is 11.3. The Labute approximate surface area is 185 Å². The smallest absolute Gasteiger partial charge is 0.306 e. The van der Waals surface area contributed by atoms with Gasteiger partial charge in [0, 0.05) is 6.54 Å². The molecule has 2 aromatic carbocycles. The molecule has 1 unspecified atom stereocenters. The van der Waals surface area contributed by atoms with Crippen LogP contribution in [0.15, 0.2) is 42.5 Å². The molecule has 0 radical (unpaired) electrons. The van der Waals surface area contributed by atoms with E-state index < -0.39 is 5.97 Å². The van der Waals surface area contributed by atoms with Crippen molar-refractivity contribution in [2.75, 3.05) is 27.3 Å². The number of ether oxygens (including phenoxy) is 2. The molecule has 31 heavy (non-hydrogen) atoms. The number of nitrogens with zero attached hydrogens (tertiary/aromatic N) is 1. The van der Waals surface area contributed by atoms with Crippen LogP contribution < -0.4 is 9.47 Å². The minimum Gasteiger partial charge on any atom is -0.493 e. The Balaban J connectivity index is 1.35. The topological polar surface area (TPSA) is 59.0 Å². The molecule has 1 aliphatic heterocycles. The number of fused-ring (bicyclic) bond motifs is 1. The second-order valence-corrected chi connectivity index (χ2v) is 9.03. The van der Waals surface area contributed by atoms with Gasteiger partial charge >= 0.3 is 5.97 Å². The molecular formula is C26H33NO4. The lowest BCUT2D eigenvalue weighted by Gasteiger charge is -2.35. The van der Waals surface area contributed by atoms with Crippen molar-refractivity contribution >= 4 is 5.97 Å². The maximum absolute atomic E-state index is 12.2. The van der Waals surface area contributed by atoms with Crippen molar-refractivity contribution in [1.82, 2.24) is 4.90 Å². The monoisotopic (exact) mass is 423 g/mol. The molecule has 5 heteroatoms. The summed E-state index contributed by atoms with van der Waals surface area (Å²) in [5, 5.41) is 10.0. The fourth-order valence-electron chi connectivity index (χ4n) is 5.41. The normalized spacial score (nSPS) is 18.5. The van der Waals surface area contributed by atoms with Crippen LogP contribution in [0.2, 0.25) is 0 Å². The first-order chi connectivity index (χ1) is 15.1. The van der Waals surface area contributed by atoms with Gasteiger partial charge in [0.25, 0.3) is 0 Å². The van der Waals surface area contributed by atoms with E-state index in [-0.39, 0.29) is 11.8 Å². The lowest BCUT2D eigenvalue weighted by molar-refractivity contribution is -0.145. The zero-order valence-electron chi connectivity index (χ0n) is 18.5. The van der Waals surface area contributed by atoms with Gasteiger partial charge in [0.1, 0.15) is 0 Å². The maximum Gasteiger partial charge on any atom is 0.306 e. The minimum absolute atomic E-state index is 0.261. The predicted octanol–water partition coefficient (Wildman–Crippen LogP) is 4.42. The summed E-state index contributed by atoms with van der Waals surface area (Å²) in [5.41, 5.74) is 3.86. The van der Waals surface area contributed by atoms with E-state index in [2.05, 4.69) is 41.3 Å². The van der Waals surface area contributed by atoms with Gasteiger partial charge in [0.05, 0.1) is 20.1 Å². The number of carboxylic acids is 1. The lowest BCUT2D eigenvalue weighted by atomic mass is 9.78. The molecule has 0 aromatic heterocycles. The molecule has 2 aromatic rings. The molecule has 0 saturated carbocycles. The van der Waals surface area contributed by atoms with Crippen LogP contribution in [0.5, 0.6) is 11.5 Å². The zero-order valence-corrected chi connectivity index (χ0v) is 18.5.